The third-order valence-corrected chi connectivity index (χ3v) is 4.07. The van der Waals surface area contributed by atoms with Gasteiger partial charge in [0.1, 0.15) is 0 Å². The monoisotopic (exact) mass is 281 g/mol. The summed E-state index contributed by atoms with van der Waals surface area (Å²) >= 11 is 5.98. The molecule has 0 bridgehead atoms. The largest absolute Gasteiger partial charge is 0.481 e. The topological polar surface area (TPSA) is 66.4 Å². The highest BCUT2D eigenvalue weighted by molar-refractivity contribution is 6.31. The number of carbonyl (C=O) groups is 2. The fraction of sp³-hybridized carbons (Fsp3) is 0.429. The van der Waals surface area contributed by atoms with E-state index >= 15 is 0 Å². The first-order valence-corrected chi connectivity index (χ1v) is 6.67. The van der Waals surface area contributed by atoms with Gasteiger partial charge in [0.2, 0.25) is 0 Å². The lowest BCUT2D eigenvalue weighted by Gasteiger charge is -2.18. The Labute approximate surface area is 116 Å². The summed E-state index contributed by atoms with van der Waals surface area (Å²) in [6, 6.07) is 4.85. The Morgan fingerprint density at radius 2 is 2.11 bits per heavy atom. The van der Waals surface area contributed by atoms with Crippen LogP contribution in [0.2, 0.25) is 5.02 Å². The van der Waals surface area contributed by atoms with Crippen molar-refractivity contribution in [1.29, 1.82) is 0 Å². The van der Waals surface area contributed by atoms with Gasteiger partial charge in [-0.25, -0.2) is 0 Å². The van der Waals surface area contributed by atoms with E-state index in [1.165, 1.54) is 0 Å². The lowest BCUT2D eigenvalue weighted by Crippen LogP contribution is -2.40. The molecule has 0 radical (unpaired) electrons. The lowest BCUT2D eigenvalue weighted by molar-refractivity contribution is -0.142. The van der Waals surface area contributed by atoms with E-state index in [0.717, 1.165) is 6.42 Å². The quantitative estimate of drug-likeness (QED) is 0.895. The third-order valence-electron chi connectivity index (χ3n) is 3.66. The maximum absolute atomic E-state index is 12.2. The van der Waals surface area contributed by atoms with E-state index in [1.807, 2.05) is 0 Å². The summed E-state index contributed by atoms with van der Waals surface area (Å²) in [5.74, 6) is -1.58. The van der Waals surface area contributed by atoms with Gasteiger partial charge < -0.3 is 10.4 Å². The summed E-state index contributed by atoms with van der Waals surface area (Å²) < 4.78 is 0. The molecule has 0 unspecified atom stereocenters. The summed E-state index contributed by atoms with van der Waals surface area (Å²) in [5, 5.41) is 12.4. The highest BCUT2D eigenvalue weighted by Crippen LogP contribution is 2.26. The molecule has 1 saturated carbocycles. The zero-order valence-corrected chi connectivity index (χ0v) is 11.4. The minimum Gasteiger partial charge on any atom is -0.481 e. The van der Waals surface area contributed by atoms with Crippen molar-refractivity contribution < 1.29 is 14.7 Å². The molecule has 1 amide bonds. The van der Waals surface area contributed by atoms with Crippen LogP contribution in [0.5, 0.6) is 0 Å². The first-order valence-electron chi connectivity index (χ1n) is 6.29. The number of halogens is 1. The molecule has 19 heavy (non-hydrogen) atoms. The van der Waals surface area contributed by atoms with Crippen LogP contribution >= 0.6 is 11.6 Å². The third kappa shape index (κ3) is 2.89. The fourth-order valence-corrected chi connectivity index (χ4v) is 2.70. The van der Waals surface area contributed by atoms with Crippen molar-refractivity contribution in [3.05, 3.63) is 34.3 Å². The zero-order valence-electron chi connectivity index (χ0n) is 10.6. The Bertz CT molecular complexity index is 515. The molecule has 1 aromatic rings. The molecule has 0 saturated heterocycles. The maximum atomic E-state index is 12.2. The summed E-state index contributed by atoms with van der Waals surface area (Å²) in [6.07, 6.45) is 2.16. The Hall–Kier alpha value is -1.55. The molecule has 0 spiro atoms. The van der Waals surface area contributed by atoms with E-state index in [2.05, 4.69) is 5.32 Å². The van der Waals surface area contributed by atoms with Gasteiger partial charge in [-0.05, 0) is 37.5 Å². The summed E-state index contributed by atoms with van der Waals surface area (Å²) in [4.78, 5) is 23.3. The first-order chi connectivity index (χ1) is 9.00. The molecule has 2 atom stereocenters. The van der Waals surface area contributed by atoms with E-state index in [0.29, 0.717) is 29.0 Å². The number of carboxylic acid groups (broad SMARTS) is 1. The van der Waals surface area contributed by atoms with Crippen LogP contribution in [0.15, 0.2) is 18.2 Å². The number of carbonyl (C=O) groups excluding carboxylic acids is 1. The Morgan fingerprint density at radius 3 is 2.79 bits per heavy atom. The van der Waals surface area contributed by atoms with Crippen LogP contribution in [-0.2, 0) is 4.79 Å². The predicted octanol–water partition coefficient (Wildman–Crippen LogP) is 2.63. The molecule has 2 N–H and O–H groups in total. The highest BCUT2D eigenvalue weighted by Gasteiger charge is 2.34. The van der Waals surface area contributed by atoms with Gasteiger partial charge in [-0.15, -0.1) is 0 Å². The average molecular weight is 282 g/mol. The number of hydrogen-bond donors (Lipinski definition) is 2. The molecular formula is C14H16ClNO3. The summed E-state index contributed by atoms with van der Waals surface area (Å²) in [5.41, 5.74) is 1.22. The number of amides is 1. The van der Waals surface area contributed by atoms with Gasteiger partial charge >= 0.3 is 5.97 Å². The first kappa shape index (κ1) is 13.9. The molecule has 5 heteroatoms. The van der Waals surface area contributed by atoms with Crippen molar-refractivity contribution in [3.8, 4) is 0 Å². The molecule has 1 aromatic carbocycles. The normalized spacial score (nSPS) is 22.2. The maximum Gasteiger partial charge on any atom is 0.308 e. The van der Waals surface area contributed by atoms with Crippen LogP contribution in [0.4, 0.5) is 0 Å². The van der Waals surface area contributed by atoms with Crippen molar-refractivity contribution in [3.63, 3.8) is 0 Å². The van der Waals surface area contributed by atoms with Crippen molar-refractivity contribution in [1.82, 2.24) is 5.32 Å². The Morgan fingerprint density at radius 1 is 1.37 bits per heavy atom. The average Bonchev–Trinajstić information content (AvgIpc) is 2.80. The second-order valence-electron chi connectivity index (χ2n) is 4.87. The number of nitrogens with one attached hydrogen (secondary N) is 1. The van der Waals surface area contributed by atoms with E-state index in [1.54, 1.807) is 25.1 Å². The lowest BCUT2D eigenvalue weighted by atomic mass is 10.0. The summed E-state index contributed by atoms with van der Waals surface area (Å²) in [7, 11) is 0. The van der Waals surface area contributed by atoms with Gasteiger partial charge in [-0.3, -0.25) is 9.59 Å². The number of benzene rings is 1. The van der Waals surface area contributed by atoms with E-state index < -0.39 is 11.9 Å². The number of aliphatic carboxylic acids is 1. The van der Waals surface area contributed by atoms with Crippen LogP contribution in [-0.4, -0.2) is 23.0 Å². The molecule has 0 heterocycles. The number of hydrogen-bond acceptors (Lipinski definition) is 2. The van der Waals surface area contributed by atoms with E-state index in [-0.39, 0.29) is 11.9 Å². The van der Waals surface area contributed by atoms with Crippen LogP contribution in [0.1, 0.15) is 35.2 Å². The van der Waals surface area contributed by atoms with E-state index in [4.69, 9.17) is 16.7 Å². The smallest absolute Gasteiger partial charge is 0.308 e. The Balaban J connectivity index is 2.13. The minimum atomic E-state index is -0.842. The molecule has 0 aliphatic heterocycles. The van der Waals surface area contributed by atoms with Crippen LogP contribution in [0.25, 0.3) is 0 Å². The molecule has 4 nitrogen and oxygen atoms in total. The molecule has 0 aromatic heterocycles. The molecule has 2 rings (SSSR count). The highest BCUT2D eigenvalue weighted by atomic mass is 35.5. The van der Waals surface area contributed by atoms with Crippen LogP contribution in [0.3, 0.4) is 0 Å². The summed E-state index contributed by atoms with van der Waals surface area (Å²) in [6.45, 7) is 1.78. The van der Waals surface area contributed by atoms with Gasteiger partial charge in [0.25, 0.3) is 5.91 Å². The van der Waals surface area contributed by atoms with Crippen LogP contribution in [0, 0.1) is 12.8 Å². The molecule has 102 valence electrons. The second kappa shape index (κ2) is 5.61. The van der Waals surface area contributed by atoms with Crippen molar-refractivity contribution in [2.24, 2.45) is 5.92 Å². The Kier molecular flexibility index (Phi) is 4.10. The van der Waals surface area contributed by atoms with E-state index in [9.17, 15) is 9.59 Å². The van der Waals surface area contributed by atoms with Gasteiger partial charge in [0.05, 0.1) is 5.92 Å². The SMILES string of the molecule is Cc1c(Cl)cccc1C(=O)N[C@@H]1CCC[C@@H]1C(=O)O. The van der Waals surface area contributed by atoms with Gasteiger partial charge in [0.15, 0.2) is 0 Å². The molecular weight excluding hydrogens is 266 g/mol. The molecule has 1 aliphatic carbocycles. The minimum absolute atomic E-state index is 0.252. The van der Waals surface area contributed by atoms with Gasteiger partial charge in [-0.2, -0.15) is 0 Å². The van der Waals surface area contributed by atoms with Gasteiger partial charge in [-0.1, -0.05) is 24.1 Å². The fourth-order valence-electron chi connectivity index (χ4n) is 2.53. The number of rotatable bonds is 3. The number of carboxylic acids is 1. The van der Waals surface area contributed by atoms with Gasteiger partial charge in [0, 0.05) is 16.6 Å². The van der Waals surface area contributed by atoms with Crippen molar-refractivity contribution in [2.75, 3.05) is 0 Å². The molecule has 1 aliphatic rings. The molecule has 1 fully saturated rings. The van der Waals surface area contributed by atoms with Crippen LogP contribution < -0.4 is 5.32 Å². The van der Waals surface area contributed by atoms with Crippen molar-refractivity contribution >= 4 is 23.5 Å². The zero-order chi connectivity index (χ0) is 14.0. The van der Waals surface area contributed by atoms with Crippen molar-refractivity contribution in [2.45, 2.75) is 32.2 Å². The predicted molar refractivity (Wildman–Crippen MR) is 72.4 cm³/mol. The standard InChI is InChI=1S/C14H16ClNO3/c1-8-9(4-2-6-11(8)15)13(17)16-12-7-3-5-10(12)14(18)19/h2,4,6,10,12H,3,5,7H2,1H3,(H,16,17)(H,18,19)/t10-,12+/m0/s1. The second-order valence-corrected chi connectivity index (χ2v) is 5.28.